The van der Waals surface area contributed by atoms with Crippen LogP contribution >= 0.6 is 0 Å². The molecule has 65 heavy (non-hydrogen) atoms. The molecule has 5 radical (unpaired) electrons. The Labute approximate surface area is 395 Å². The molecule has 1 aliphatic heterocycles. The molecular formula is C63H39Ge2. The summed E-state index contributed by atoms with van der Waals surface area (Å²) in [5, 5.41) is 5.08. The van der Waals surface area contributed by atoms with Gasteiger partial charge in [0, 0.05) is 0 Å². The monoisotopic (exact) mass is 943 g/mol. The quantitative estimate of drug-likeness (QED) is 0.115. The molecule has 2 heteroatoms. The number of fused-ring (bicyclic) bond motifs is 8. The Morgan fingerprint density at radius 1 is 0.308 bits per heavy atom. The Balaban J connectivity index is 1.15. The van der Waals surface area contributed by atoms with Crippen LogP contribution in [-0.4, -0.2) is 31.9 Å². The second-order valence-electron chi connectivity index (χ2n) is 17.3. The molecule has 1 heterocycles. The summed E-state index contributed by atoms with van der Waals surface area (Å²) >= 11 is 1.68. The topological polar surface area (TPSA) is 0 Å². The summed E-state index contributed by atoms with van der Waals surface area (Å²) in [6, 6.07) is 89.2. The molecule has 0 unspecified atom stereocenters. The van der Waals surface area contributed by atoms with Gasteiger partial charge in [0.25, 0.3) is 0 Å². The molecule has 0 fully saturated rings. The summed E-state index contributed by atoms with van der Waals surface area (Å²) < 4.78 is 4.34. The first-order valence-electron chi connectivity index (χ1n) is 22.4. The van der Waals surface area contributed by atoms with Crippen LogP contribution in [0.5, 0.6) is 0 Å². The molecule has 13 rings (SSSR count). The molecule has 299 valence electrons. The first-order valence-corrected chi connectivity index (χ1v) is 25.6. The van der Waals surface area contributed by atoms with E-state index in [1.807, 2.05) is 0 Å². The van der Waals surface area contributed by atoms with Gasteiger partial charge in [-0.05, 0) is 0 Å². The van der Waals surface area contributed by atoms with Gasteiger partial charge in [0.05, 0.1) is 0 Å². The average Bonchev–Trinajstić information content (AvgIpc) is 3.91. The average molecular weight is 941 g/mol. The minimum atomic E-state index is -0.526. The van der Waals surface area contributed by atoms with Crippen LogP contribution in [0.1, 0.15) is 22.3 Å². The Morgan fingerprint density at radius 2 is 0.800 bits per heavy atom. The van der Waals surface area contributed by atoms with Crippen LogP contribution in [0.3, 0.4) is 0 Å². The molecule has 0 amide bonds. The van der Waals surface area contributed by atoms with Crippen molar-refractivity contribution in [3.8, 4) is 66.8 Å². The number of rotatable bonds is 6. The van der Waals surface area contributed by atoms with E-state index in [9.17, 15) is 0 Å². The van der Waals surface area contributed by atoms with Gasteiger partial charge >= 0.3 is 361 Å². The number of hydrogen-bond acceptors (Lipinski definition) is 0. The van der Waals surface area contributed by atoms with Crippen LogP contribution < -0.4 is 13.2 Å². The molecule has 11 aromatic carbocycles. The summed E-state index contributed by atoms with van der Waals surface area (Å²) in [7, 11) is 0. The summed E-state index contributed by atoms with van der Waals surface area (Å²) in [6.45, 7) is 0. The van der Waals surface area contributed by atoms with Gasteiger partial charge in [-0.1, -0.05) is 36.4 Å². The Bertz CT molecular complexity index is 3660. The molecule has 0 N–H and O–H groups in total. The van der Waals surface area contributed by atoms with Crippen molar-refractivity contribution < 1.29 is 0 Å². The van der Waals surface area contributed by atoms with Crippen molar-refractivity contribution in [2.75, 3.05) is 0 Å². The minimum absolute atomic E-state index is 0.499. The Hall–Kier alpha value is -6.97. The van der Waals surface area contributed by atoms with Gasteiger partial charge < -0.3 is 0 Å². The molecule has 0 nitrogen and oxygen atoms in total. The van der Waals surface area contributed by atoms with Crippen molar-refractivity contribution in [3.05, 3.63) is 259 Å². The summed E-state index contributed by atoms with van der Waals surface area (Å²) in [5.41, 5.74) is 20.3. The van der Waals surface area contributed by atoms with E-state index >= 15 is 0 Å². The van der Waals surface area contributed by atoms with Gasteiger partial charge in [-0.15, -0.1) is 0 Å². The Kier molecular flexibility index (Phi) is 9.08. The van der Waals surface area contributed by atoms with Gasteiger partial charge in [-0.3, -0.25) is 0 Å². The fraction of sp³-hybridized carbons (Fsp3) is 0.0159. The van der Waals surface area contributed by atoms with Crippen molar-refractivity contribution in [2.45, 2.75) is 5.41 Å². The fourth-order valence-corrected chi connectivity index (χ4v) is 15.2. The summed E-state index contributed by atoms with van der Waals surface area (Å²) in [6.07, 6.45) is 0. The van der Waals surface area contributed by atoms with Gasteiger partial charge in [0.15, 0.2) is 0 Å². The molecular weight excluding hydrogens is 902 g/mol. The first kappa shape index (κ1) is 38.5. The van der Waals surface area contributed by atoms with Gasteiger partial charge in [0.2, 0.25) is 0 Å². The normalized spacial score (nSPS) is 13.1. The molecule has 2 aliphatic rings. The third-order valence-corrected chi connectivity index (χ3v) is 18.1. The van der Waals surface area contributed by atoms with E-state index in [4.69, 9.17) is 0 Å². The van der Waals surface area contributed by atoms with Gasteiger partial charge in [0.1, 0.15) is 0 Å². The van der Waals surface area contributed by atoms with E-state index in [-0.39, 0.29) is 0 Å². The van der Waals surface area contributed by atoms with Crippen LogP contribution in [0.25, 0.3) is 88.3 Å². The second kappa shape index (κ2) is 15.3. The van der Waals surface area contributed by atoms with Crippen molar-refractivity contribution in [1.29, 1.82) is 0 Å². The van der Waals surface area contributed by atoms with E-state index < -0.39 is 20.8 Å². The SMILES string of the molecule is [Ge][c]1ccccc1-c1cccc(-c2cccc3c(-c4cccc5c4-c4ccccc4C5(c4ccccc4)c4ccccc4)c4cccc(-c5cccc6[c]5[Ge][c]5ccccc5-6)c4cc23)c1. The van der Waals surface area contributed by atoms with Crippen LogP contribution in [-0.2, 0) is 5.41 Å². The van der Waals surface area contributed by atoms with E-state index in [0.29, 0.717) is 0 Å². The molecule has 0 spiro atoms. The second-order valence-corrected chi connectivity index (χ2v) is 21.2. The van der Waals surface area contributed by atoms with Crippen molar-refractivity contribution in [3.63, 3.8) is 0 Å². The Morgan fingerprint density at radius 3 is 1.54 bits per heavy atom. The first-order chi connectivity index (χ1) is 32.2. The van der Waals surface area contributed by atoms with Crippen molar-refractivity contribution in [2.24, 2.45) is 0 Å². The molecule has 11 aromatic rings. The maximum absolute atomic E-state index is 2.52. The summed E-state index contributed by atoms with van der Waals surface area (Å²) in [4.78, 5) is 0. The third-order valence-electron chi connectivity index (χ3n) is 14.0. The zero-order chi connectivity index (χ0) is 43.1. The van der Waals surface area contributed by atoms with E-state index in [0.717, 1.165) is 0 Å². The number of benzene rings is 11. The zero-order valence-electron chi connectivity index (χ0n) is 35.5. The molecule has 0 atom stereocenters. The van der Waals surface area contributed by atoms with Crippen LogP contribution in [0, 0.1) is 0 Å². The van der Waals surface area contributed by atoms with Crippen LogP contribution in [0.15, 0.2) is 237 Å². The molecule has 1 aliphatic carbocycles. The van der Waals surface area contributed by atoms with Gasteiger partial charge in [-0.2, -0.15) is 0 Å². The van der Waals surface area contributed by atoms with Crippen LogP contribution in [0.4, 0.5) is 0 Å². The maximum atomic E-state index is 2.52. The van der Waals surface area contributed by atoms with Crippen molar-refractivity contribution >= 4 is 66.7 Å². The number of hydrogen-bond donors (Lipinski definition) is 0. The standard InChI is InChI=1S/C63H39Ge2/c64-58-36-11-8-24-45(58)41-19-13-18-40(38-41)44-27-14-29-48-54(44)39-55-46(50-31-16-32-51-47-25-9-12-37-59(47)65-62(50)51)28-15-30-49(55)60(48)53-33-17-35-57-61(53)52-26-7-10-34-56(52)63(57,42-20-3-1-4-21-42)43-22-5-2-6-23-43/h1-39H. The zero-order valence-corrected chi connectivity index (χ0v) is 39.7. The molecule has 0 saturated heterocycles. The summed E-state index contributed by atoms with van der Waals surface area (Å²) in [5.74, 6) is 0. The molecule has 0 saturated carbocycles. The predicted molar refractivity (Wildman–Crippen MR) is 276 cm³/mol. The third kappa shape index (κ3) is 5.83. The van der Waals surface area contributed by atoms with E-state index in [1.165, 1.54) is 124 Å². The predicted octanol–water partition coefficient (Wildman–Crippen LogP) is 13.5. The van der Waals surface area contributed by atoms with E-state index in [1.54, 1.807) is 0 Å². The van der Waals surface area contributed by atoms with Gasteiger partial charge in [-0.25, -0.2) is 0 Å². The fourth-order valence-electron chi connectivity index (χ4n) is 11.3. The van der Waals surface area contributed by atoms with Crippen molar-refractivity contribution in [1.82, 2.24) is 0 Å². The van der Waals surface area contributed by atoms with E-state index in [2.05, 4.69) is 253 Å². The molecule has 0 bridgehead atoms. The van der Waals surface area contributed by atoms with Crippen LogP contribution in [0.2, 0.25) is 0 Å². The molecule has 0 aromatic heterocycles.